The van der Waals surface area contributed by atoms with Crippen LogP contribution in [0.2, 0.25) is 0 Å². The van der Waals surface area contributed by atoms with Gasteiger partial charge in [-0.25, -0.2) is 8.42 Å². The maximum Gasteiger partial charge on any atom is 0.324 e. The lowest BCUT2D eigenvalue weighted by molar-refractivity contribution is -0.135. The third-order valence-corrected chi connectivity index (χ3v) is 5.43. The average Bonchev–Trinajstić information content (AvgIpc) is 2.54. The molecule has 0 saturated carbocycles. The Morgan fingerprint density at radius 3 is 2.21 bits per heavy atom. The molecule has 0 amide bonds. The molecule has 0 aliphatic heterocycles. The fourth-order valence-corrected chi connectivity index (χ4v) is 3.73. The predicted molar refractivity (Wildman–Crippen MR) is 93.9 cm³/mol. The van der Waals surface area contributed by atoms with Crippen LogP contribution in [-0.2, 0) is 14.8 Å². The van der Waals surface area contributed by atoms with Crippen molar-refractivity contribution < 1.29 is 23.1 Å². The lowest BCUT2D eigenvalue weighted by Gasteiger charge is -2.23. The van der Waals surface area contributed by atoms with Crippen molar-refractivity contribution in [3.63, 3.8) is 0 Å². The Labute approximate surface area is 148 Å². The second-order valence-corrected chi connectivity index (χ2v) is 7.56. The minimum atomic E-state index is -4.01. The molecule has 24 heavy (non-hydrogen) atoms. The van der Waals surface area contributed by atoms with Crippen molar-refractivity contribution in [2.75, 3.05) is 17.5 Å². The summed E-state index contributed by atoms with van der Waals surface area (Å²) in [5.41, 5.74) is 0.273. The summed E-state index contributed by atoms with van der Waals surface area (Å²) in [6.07, 6.45) is 0. The Morgan fingerprint density at radius 1 is 1.12 bits per heavy atom. The van der Waals surface area contributed by atoms with Crippen molar-refractivity contribution in [1.82, 2.24) is 0 Å². The third-order valence-electron chi connectivity index (χ3n) is 3.12. The molecule has 2 aromatic rings. The Kier molecular flexibility index (Phi) is 5.84. The van der Waals surface area contributed by atoms with Crippen molar-refractivity contribution in [3.05, 3.63) is 53.0 Å². The van der Waals surface area contributed by atoms with E-state index < -0.39 is 22.5 Å². The molecule has 0 radical (unpaired) electrons. The maximum atomic E-state index is 12.8. The second-order valence-electron chi connectivity index (χ2n) is 4.79. The van der Waals surface area contributed by atoms with E-state index in [1.165, 1.54) is 24.3 Å². The van der Waals surface area contributed by atoms with Gasteiger partial charge in [0, 0.05) is 4.47 Å². The van der Waals surface area contributed by atoms with E-state index >= 15 is 0 Å². The Balaban J connectivity index is 2.43. The molecule has 0 spiro atoms. The molecule has 2 rings (SSSR count). The summed E-state index contributed by atoms with van der Waals surface area (Å²) in [5.74, 6) is -0.697. The predicted octanol–water partition coefficient (Wildman–Crippen LogP) is 3.13. The normalized spacial score (nSPS) is 11.1. The van der Waals surface area contributed by atoms with Gasteiger partial charge in [-0.2, -0.15) is 0 Å². The van der Waals surface area contributed by atoms with Crippen LogP contribution in [0.15, 0.2) is 57.9 Å². The van der Waals surface area contributed by atoms with Gasteiger partial charge in [-0.15, -0.1) is 0 Å². The number of aliphatic carboxylic acids is 1. The molecule has 0 aliphatic carbocycles. The lowest BCUT2D eigenvalue weighted by atomic mass is 10.3. The van der Waals surface area contributed by atoms with E-state index in [2.05, 4.69) is 15.9 Å². The van der Waals surface area contributed by atoms with Gasteiger partial charge < -0.3 is 9.84 Å². The fraction of sp³-hybridized carbons (Fsp3) is 0.188. The van der Waals surface area contributed by atoms with Crippen molar-refractivity contribution in [2.24, 2.45) is 0 Å². The van der Waals surface area contributed by atoms with Gasteiger partial charge in [-0.1, -0.05) is 15.9 Å². The largest absolute Gasteiger partial charge is 0.494 e. The molecule has 128 valence electrons. The Morgan fingerprint density at radius 2 is 1.71 bits per heavy atom. The van der Waals surface area contributed by atoms with Crippen LogP contribution < -0.4 is 9.04 Å². The summed E-state index contributed by atoms with van der Waals surface area (Å²) < 4.78 is 32.6. The van der Waals surface area contributed by atoms with E-state index in [9.17, 15) is 13.2 Å². The number of ether oxygens (including phenoxy) is 1. The minimum Gasteiger partial charge on any atom is -0.494 e. The molecule has 0 aromatic heterocycles. The third kappa shape index (κ3) is 4.27. The molecule has 6 nitrogen and oxygen atoms in total. The zero-order valence-corrected chi connectivity index (χ0v) is 15.2. The number of benzene rings is 2. The van der Waals surface area contributed by atoms with Gasteiger partial charge >= 0.3 is 5.97 Å². The molecule has 2 aromatic carbocycles. The molecule has 8 heteroatoms. The van der Waals surface area contributed by atoms with Crippen molar-refractivity contribution in [2.45, 2.75) is 11.8 Å². The molecule has 0 heterocycles. The van der Waals surface area contributed by atoms with Crippen LogP contribution in [0, 0.1) is 0 Å². The first-order chi connectivity index (χ1) is 11.3. The summed E-state index contributed by atoms with van der Waals surface area (Å²) in [4.78, 5) is 11.1. The first-order valence-corrected chi connectivity index (χ1v) is 9.31. The smallest absolute Gasteiger partial charge is 0.324 e. The van der Waals surface area contributed by atoms with Gasteiger partial charge in [-0.3, -0.25) is 9.10 Å². The van der Waals surface area contributed by atoms with Crippen LogP contribution in [0.25, 0.3) is 0 Å². The Bertz CT molecular complexity index is 803. The van der Waals surface area contributed by atoms with Crippen LogP contribution in [0.4, 0.5) is 5.69 Å². The highest BCUT2D eigenvalue weighted by atomic mass is 79.9. The lowest BCUT2D eigenvalue weighted by Crippen LogP contribution is -2.35. The molecule has 0 atom stereocenters. The van der Waals surface area contributed by atoms with Gasteiger partial charge in [-0.05, 0) is 55.5 Å². The summed E-state index contributed by atoms with van der Waals surface area (Å²) >= 11 is 3.27. The van der Waals surface area contributed by atoms with E-state index in [-0.39, 0.29) is 10.6 Å². The van der Waals surface area contributed by atoms with Crippen LogP contribution >= 0.6 is 15.9 Å². The van der Waals surface area contributed by atoms with Crippen LogP contribution in [0.5, 0.6) is 5.75 Å². The standard InChI is InChI=1S/C16H16BrNO5S/c1-2-23-14-7-9-15(10-8-14)24(21,22)18(11-16(19)20)13-5-3-12(17)4-6-13/h3-10H,2,11H2,1H3,(H,19,20). The van der Waals surface area contributed by atoms with Crippen LogP contribution in [0.1, 0.15) is 6.92 Å². The highest BCUT2D eigenvalue weighted by Crippen LogP contribution is 2.26. The van der Waals surface area contributed by atoms with Crippen LogP contribution in [-0.4, -0.2) is 32.6 Å². The quantitative estimate of drug-likeness (QED) is 0.753. The summed E-state index contributed by atoms with van der Waals surface area (Å²) in [5, 5.41) is 9.09. The van der Waals surface area contributed by atoms with E-state index in [1.807, 2.05) is 6.92 Å². The molecule has 0 fully saturated rings. The van der Waals surface area contributed by atoms with Gasteiger partial charge in [0.2, 0.25) is 0 Å². The molecule has 0 aliphatic rings. The van der Waals surface area contributed by atoms with Gasteiger partial charge in [0.1, 0.15) is 12.3 Å². The van der Waals surface area contributed by atoms with Gasteiger partial charge in [0.05, 0.1) is 17.2 Å². The topological polar surface area (TPSA) is 83.9 Å². The van der Waals surface area contributed by atoms with Crippen LogP contribution in [0.3, 0.4) is 0 Å². The summed E-state index contributed by atoms with van der Waals surface area (Å²) in [7, 11) is -4.01. The monoisotopic (exact) mass is 413 g/mol. The molecule has 0 unspecified atom stereocenters. The zero-order valence-electron chi connectivity index (χ0n) is 12.8. The van der Waals surface area contributed by atoms with Gasteiger partial charge in [0.15, 0.2) is 0 Å². The zero-order chi connectivity index (χ0) is 17.7. The Hall–Kier alpha value is -2.06. The number of carbonyl (C=O) groups is 1. The number of rotatable bonds is 7. The van der Waals surface area contributed by atoms with Crippen molar-refractivity contribution in [3.8, 4) is 5.75 Å². The summed E-state index contributed by atoms with van der Waals surface area (Å²) in [6, 6.07) is 12.3. The van der Waals surface area contributed by atoms with E-state index in [1.54, 1.807) is 24.3 Å². The highest BCUT2D eigenvalue weighted by Gasteiger charge is 2.27. The number of carboxylic acid groups (broad SMARTS) is 1. The molecule has 0 bridgehead atoms. The number of halogens is 1. The fourth-order valence-electron chi connectivity index (χ4n) is 2.05. The maximum absolute atomic E-state index is 12.8. The van der Waals surface area contributed by atoms with E-state index in [0.29, 0.717) is 12.4 Å². The molecule has 0 saturated heterocycles. The average molecular weight is 414 g/mol. The van der Waals surface area contributed by atoms with Crippen molar-refractivity contribution in [1.29, 1.82) is 0 Å². The van der Waals surface area contributed by atoms with Crippen molar-refractivity contribution >= 4 is 37.6 Å². The first-order valence-electron chi connectivity index (χ1n) is 7.07. The van der Waals surface area contributed by atoms with E-state index in [4.69, 9.17) is 9.84 Å². The number of hydrogen-bond acceptors (Lipinski definition) is 4. The SMILES string of the molecule is CCOc1ccc(S(=O)(=O)N(CC(=O)O)c2ccc(Br)cc2)cc1. The second kappa shape index (κ2) is 7.67. The first kappa shape index (κ1) is 18.3. The minimum absolute atomic E-state index is 0.00452. The number of anilines is 1. The number of hydrogen-bond donors (Lipinski definition) is 1. The number of nitrogens with zero attached hydrogens (tertiary/aromatic N) is 1. The molecule has 1 N–H and O–H groups in total. The summed E-state index contributed by atoms with van der Waals surface area (Å²) in [6.45, 7) is 1.63. The number of sulfonamides is 1. The van der Waals surface area contributed by atoms with Gasteiger partial charge in [0.25, 0.3) is 10.0 Å². The van der Waals surface area contributed by atoms with E-state index in [0.717, 1.165) is 8.78 Å². The highest BCUT2D eigenvalue weighted by molar-refractivity contribution is 9.10. The number of carboxylic acids is 1. The molecular formula is C16H16BrNO5S. The molecular weight excluding hydrogens is 398 g/mol.